The van der Waals surface area contributed by atoms with Crippen LogP contribution in [0.15, 0.2) is 30.9 Å². The van der Waals surface area contributed by atoms with Gasteiger partial charge in [-0.15, -0.1) is 10.2 Å². The third-order valence-electron chi connectivity index (χ3n) is 6.62. The predicted molar refractivity (Wildman–Crippen MR) is 104 cm³/mol. The van der Waals surface area contributed by atoms with Crippen molar-refractivity contribution in [2.45, 2.75) is 63.1 Å². The molecule has 27 heavy (non-hydrogen) atoms. The molecule has 142 valence electrons. The van der Waals surface area contributed by atoms with Gasteiger partial charge >= 0.3 is 6.03 Å². The Kier molecular flexibility index (Phi) is 4.11. The van der Waals surface area contributed by atoms with Gasteiger partial charge in [0.15, 0.2) is 0 Å². The Labute approximate surface area is 163 Å². The smallest absolute Gasteiger partial charge is 0.318 e. The lowest BCUT2D eigenvalue weighted by molar-refractivity contribution is -0.00601. The molecule has 2 saturated heterocycles. The van der Waals surface area contributed by atoms with Crippen LogP contribution in [-0.2, 0) is 0 Å². The molecule has 6 rings (SSSR count). The van der Waals surface area contributed by atoms with Crippen LogP contribution in [0.3, 0.4) is 0 Å². The Hall–Kier alpha value is -2.08. The summed E-state index contributed by atoms with van der Waals surface area (Å²) in [5.74, 6) is 1.06. The first kappa shape index (κ1) is 17.0. The summed E-state index contributed by atoms with van der Waals surface area (Å²) in [6.45, 7) is 2.28. The molecule has 3 heterocycles. The zero-order valence-corrected chi connectivity index (χ0v) is 16.1. The number of amides is 2. The third kappa shape index (κ3) is 2.90. The number of carbonyl (C=O) groups excluding carboxylic acids is 1. The van der Waals surface area contributed by atoms with Gasteiger partial charge in [0.05, 0.1) is 0 Å². The van der Waals surface area contributed by atoms with Crippen molar-refractivity contribution in [2.75, 3.05) is 5.32 Å². The number of benzene rings is 1. The summed E-state index contributed by atoms with van der Waals surface area (Å²) in [5, 5.41) is 11.7. The highest BCUT2D eigenvalue weighted by Gasteiger charge is 2.46. The number of rotatable bonds is 3. The molecular weight excluding hydrogens is 362 g/mol. The van der Waals surface area contributed by atoms with Gasteiger partial charge in [0.2, 0.25) is 0 Å². The van der Waals surface area contributed by atoms with Crippen molar-refractivity contribution >= 4 is 23.3 Å². The number of piperidine rings is 1. The van der Waals surface area contributed by atoms with E-state index in [1.54, 1.807) is 12.7 Å². The van der Waals surface area contributed by atoms with E-state index in [0.29, 0.717) is 24.0 Å². The molecule has 4 atom stereocenters. The topological polar surface area (TPSA) is 63.1 Å². The SMILES string of the molecule is CC1CC2CC(C1)N2C(=O)Nc1ccc(Cl)c(C2CC[C@@H]2n2cnnc2)c1. The fourth-order valence-corrected chi connectivity index (χ4v) is 5.41. The lowest BCUT2D eigenvalue weighted by Crippen LogP contribution is -2.63. The number of carbonyl (C=O) groups is 1. The van der Waals surface area contributed by atoms with E-state index in [1.807, 2.05) is 23.1 Å². The Morgan fingerprint density at radius 3 is 2.56 bits per heavy atom. The minimum atomic E-state index is 0.0281. The van der Waals surface area contributed by atoms with Crippen LogP contribution in [0, 0.1) is 5.92 Å². The maximum atomic E-state index is 12.8. The maximum absolute atomic E-state index is 12.8. The number of nitrogens with one attached hydrogen (secondary N) is 1. The summed E-state index contributed by atoms with van der Waals surface area (Å²) in [5.41, 5.74) is 1.92. The monoisotopic (exact) mass is 385 g/mol. The van der Waals surface area contributed by atoms with Gasteiger partial charge < -0.3 is 14.8 Å². The standard InChI is InChI=1S/C20H24ClN5O/c1-12-6-14-9-15(7-12)26(14)20(27)24-13-2-4-18(21)17(8-13)16-3-5-19(16)25-10-22-23-11-25/h2,4,8,10-12,14-16,19H,3,5-7,9H2,1H3,(H,24,27)/t12?,14?,15?,16?,19-/m0/s1. The number of fused-ring (bicyclic) bond motifs is 2. The molecule has 2 aromatic rings. The van der Waals surface area contributed by atoms with Crippen molar-refractivity contribution in [3.05, 3.63) is 41.4 Å². The van der Waals surface area contributed by atoms with Crippen molar-refractivity contribution in [2.24, 2.45) is 5.92 Å². The lowest BCUT2D eigenvalue weighted by atomic mass is 9.74. The van der Waals surface area contributed by atoms with Gasteiger partial charge in [0.25, 0.3) is 0 Å². The van der Waals surface area contributed by atoms with E-state index in [0.717, 1.165) is 54.3 Å². The van der Waals surface area contributed by atoms with Gasteiger partial charge in [-0.05, 0) is 61.8 Å². The number of hydrogen-bond acceptors (Lipinski definition) is 3. The van der Waals surface area contributed by atoms with E-state index in [1.165, 1.54) is 0 Å². The lowest BCUT2D eigenvalue weighted by Gasteiger charge is -2.54. The molecule has 0 spiro atoms. The molecule has 2 aliphatic carbocycles. The first-order valence-electron chi connectivity index (χ1n) is 9.83. The molecule has 2 saturated carbocycles. The van der Waals surface area contributed by atoms with E-state index in [9.17, 15) is 4.79 Å². The van der Waals surface area contributed by atoms with Gasteiger partial charge in [-0.2, -0.15) is 0 Å². The van der Waals surface area contributed by atoms with Crippen LogP contribution < -0.4 is 5.32 Å². The van der Waals surface area contributed by atoms with Crippen molar-refractivity contribution in [3.63, 3.8) is 0 Å². The Bertz CT molecular complexity index is 842. The molecular formula is C20H24ClN5O. The highest BCUT2D eigenvalue weighted by atomic mass is 35.5. The fraction of sp³-hybridized carbons (Fsp3) is 0.550. The summed E-state index contributed by atoms with van der Waals surface area (Å²) in [7, 11) is 0. The molecule has 3 unspecified atom stereocenters. The van der Waals surface area contributed by atoms with Gasteiger partial charge in [0, 0.05) is 34.8 Å². The van der Waals surface area contributed by atoms with Crippen LogP contribution >= 0.6 is 11.6 Å². The summed E-state index contributed by atoms with van der Waals surface area (Å²) >= 11 is 6.50. The number of anilines is 1. The second-order valence-electron chi connectivity index (χ2n) is 8.35. The zero-order chi connectivity index (χ0) is 18.5. The minimum absolute atomic E-state index is 0.0281. The van der Waals surface area contributed by atoms with E-state index in [-0.39, 0.29) is 6.03 Å². The van der Waals surface area contributed by atoms with Crippen LogP contribution in [0.2, 0.25) is 5.02 Å². The molecule has 2 bridgehead atoms. The second kappa shape index (κ2) is 6.51. The molecule has 6 nitrogen and oxygen atoms in total. The second-order valence-corrected chi connectivity index (χ2v) is 8.76. The van der Waals surface area contributed by atoms with Crippen LogP contribution in [0.25, 0.3) is 0 Å². The van der Waals surface area contributed by atoms with Crippen LogP contribution in [0.4, 0.5) is 10.5 Å². The summed E-state index contributed by atoms with van der Waals surface area (Å²) < 4.78 is 2.05. The molecule has 4 aliphatic rings. The van der Waals surface area contributed by atoms with Gasteiger partial charge in [-0.25, -0.2) is 4.79 Å². The zero-order valence-electron chi connectivity index (χ0n) is 15.4. The first-order chi connectivity index (χ1) is 13.1. The summed E-state index contributed by atoms with van der Waals surface area (Å²) in [4.78, 5) is 14.8. The van der Waals surface area contributed by atoms with E-state index >= 15 is 0 Å². The first-order valence-corrected chi connectivity index (χ1v) is 10.2. The van der Waals surface area contributed by atoms with Crippen molar-refractivity contribution < 1.29 is 4.79 Å². The molecule has 2 aliphatic heterocycles. The Balaban J connectivity index is 1.32. The van der Waals surface area contributed by atoms with Crippen LogP contribution in [-0.4, -0.2) is 37.8 Å². The van der Waals surface area contributed by atoms with E-state index in [4.69, 9.17) is 11.6 Å². The number of halogens is 1. The molecule has 1 aromatic heterocycles. The average Bonchev–Trinajstić information content (AvgIpc) is 3.10. The summed E-state index contributed by atoms with van der Waals surface area (Å²) in [6.07, 6.45) is 9.10. The van der Waals surface area contributed by atoms with Crippen molar-refractivity contribution in [1.82, 2.24) is 19.7 Å². The number of nitrogens with zero attached hydrogens (tertiary/aromatic N) is 4. The van der Waals surface area contributed by atoms with Crippen LogP contribution in [0.5, 0.6) is 0 Å². The third-order valence-corrected chi connectivity index (χ3v) is 6.96. The fourth-order valence-electron chi connectivity index (χ4n) is 5.15. The van der Waals surface area contributed by atoms with Crippen molar-refractivity contribution in [3.8, 4) is 0 Å². The molecule has 7 heteroatoms. The van der Waals surface area contributed by atoms with Crippen LogP contribution in [0.1, 0.15) is 56.6 Å². The highest BCUT2D eigenvalue weighted by Crippen LogP contribution is 2.48. The normalized spacial score (nSPS) is 31.8. The number of hydrogen-bond donors (Lipinski definition) is 1. The molecule has 2 amide bonds. The van der Waals surface area contributed by atoms with Crippen molar-refractivity contribution in [1.29, 1.82) is 0 Å². The van der Waals surface area contributed by atoms with Gasteiger partial charge in [-0.3, -0.25) is 0 Å². The Morgan fingerprint density at radius 2 is 1.89 bits per heavy atom. The molecule has 0 radical (unpaired) electrons. The quantitative estimate of drug-likeness (QED) is 0.848. The summed E-state index contributed by atoms with van der Waals surface area (Å²) in [6, 6.07) is 7.02. The van der Waals surface area contributed by atoms with Gasteiger partial charge in [0.1, 0.15) is 12.7 Å². The molecule has 1 aromatic carbocycles. The largest absolute Gasteiger partial charge is 0.322 e. The van der Waals surface area contributed by atoms with E-state index in [2.05, 4.69) is 27.0 Å². The molecule has 4 fully saturated rings. The minimum Gasteiger partial charge on any atom is -0.318 e. The average molecular weight is 386 g/mol. The van der Waals surface area contributed by atoms with Gasteiger partial charge in [-0.1, -0.05) is 18.5 Å². The van der Waals surface area contributed by atoms with E-state index < -0.39 is 0 Å². The maximum Gasteiger partial charge on any atom is 0.322 e. The highest BCUT2D eigenvalue weighted by molar-refractivity contribution is 6.31. The number of aromatic nitrogens is 3. The molecule has 1 N–H and O–H groups in total. The number of urea groups is 1. The Morgan fingerprint density at radius 1 is 1.15 bits per heavy atom. The predicted octanol–water partition coefficient (Wildman–Crippen LogP) is 4.45.